The molecule has 1 aliphatic carbocycles. The summed E-state index contributed by atoms with van der Waals surface area (Å²) < 4.78 is 0. The molecule has 2 rings (SSSR count). The molecule has 1 fully saturated rings. The van der Waals surface area contributed by atoms with Gasteiger partial charge in [0.1, 0.15) is 0 Å². The van der Waals surface area contributed by atoms with Gasteiger partial charge in [-0.3, -0.25) is 4.79 Å². The van der Waals surface area contributed by atoms with Crippen LogP contribution in [0.5, 0.6) is 0 Å². The maximum absolute atomic E-state index is 12.0. The van der Waals surface area contributed by atoms with Gasteiger partial charge in [0, 0.05) is 19.3 Å². The van der Waals surface area contributed by atoms with Gasteiger partial charge < -0.3 is 10.6 Å². The fourth-order valence-corrected chi connectivity index (χ4v) is 2.10. The lowest BCUT2D eigenvalue weighted by atomic mass is 10.1. The van der Waals surface area contributed by atoms with E-state index in [1.54, 1.807) is 0 Å². The van der Waals surface area contributed by atoms with Gasteiger partial charge in [0.15, 0.2) is 0 Å². The number of para-hydroxylation sites is 1. The lowest BCUT2D eigenvalue weighted by Gasteiger charge is -2.17. The molecule has 0 bridgehead atoms. The number of nitrogen functional groups attached to an aromatic ring is 1. The van der Waals surface area contributed by atoms with Gasteiger partial charge in [0.2, 0.25) is 5.91 Å². The second kappa shape index (κ2) is 4.78. The lowest BCUT2D eigenvalue weighted by Crippen LogP contribution is -2.30. The van der Waals surface area contributed by atoms with E-state index in [1.165, 1.54) is 6.42 Å². The molecule has 0 aromatic heterocycles. The third kappa shape index (κ3) is 2.99. The molecular weight excluding hydrogens is 212 g/mol. The molecule has 3 nitrogen and oxygen atoms in total. The fourth-order valence-electron chi connectivity index (χ4n) is 2.10. The van der Waals surface area contributed by atoms with Gasteiger partial charge in [-0.1, -0.05) is 25.1 Å². The number of likely N-dealkylation sites (N-methyl/N-ethyl adjacent to an activating group) is 1. The molecule has 0 saturated heterocycles. The maximum Gasteiger partial charge on any atom is 0.226 e. The lowest BCUT2D eigenvalue weighted by molar-refractivity contribution is -0.129. The van der Waals surface area contributed by atoms with Crippen LogP contribution in [0.1, 0.15) is 18.9 Å². The predicted molar refractivity (Wildman–Crippen MR) is 69.5 cm³/mol. The first-order valence-electron chi connectivity index (χ1n) is 6.15. The summed E-state index contributed by atoms with van der Waals surface area (Å²) in [5.41, 5.74) is 7.46. The van der Waals surface area contributed by atoms with Crippen LogP contribution in [0.2, 0.25) is 0 Å². The zero-order valence-electron chi connectivity index (χ0n) is 10.5. The summed E-state index contributed by atoms with van der Waals surface area (Å²) in [7, 11) is 1.88. The maximum atomic E-state index is 12.0. The number of nitrogens with zero attached hydrogens (tertiary/aromatic N) is 1. The minimum Gasteiger partial charge on any atom is -0.398 e. The Bertz CT molecular complexity index is 416. The number of hydrogen-bond acceptors (Lipinski definition) is 2. The van der Waals surface area contributed by atoms with Crippen LogP contribution in [0.15, 0.2) is 24.3 Å². The van der Waals surface area contributed by atoms with Crippen molar-refractivity contribution in [1.29, 1.82) is 0 Å². The van der Waals surface area contributed by atoms with Crippen molar-refractivity contribution in [1.82, 2.24) is 4.90 Å². The number of amides is 1. The standard InChI is InChI=1S/C14H20N2O/c1-10-7-12(10)9-16(2)14(17)8-11-5-3-4-6-13(11)15/h3-6,10,12H,7-9,15H2,1-2H3. The quantitative estimate of drug-likeness (QED) is 0.806. The molecule has 3 heteroatoms. The highest BCUT2D eigenvalue weighted by Crippen LogP contribution is 2.38. The molecular formula is C14H20N2O. The van der Waals surface area contributed by atoms with Gasteiger partial charge in [-0.2, -0.15) is 0 Å². The van der Waals surface area contributed by atoms with Crippen molar-refractivity contribution in [3.63, 3.8) is 0 Å². The van der Waals surface area contributed by atoms with E-state index in [0.717, 1.165) is 18.0 Å². The van der Waals surface area contributed by atoms with Crippen molar-refractivity contribution < 1.29 is 4.79 Å². The number of carbonyl (C=O) groups excluding carboxylic acids is 1. The van der Waals surface area contributed by atoms with E-state index in [0.29, 0.717) is 18.0 Å². The van der Waals surface area contributed by atoms with Crippen molar-refractivity contribution in [3.05, 3.63) is 29.8 Å². The molecule has 1 aliphatic rings. The third-order valence-corrected chi connectivity index (χ3v) is 3.61. The Morgan fingerprint density at radius 2 is 2.12 bits per heavy atom. The van der Waals surface area contributed by atoms with E-state index in [-0.39, 0.29) is 5.91 Å². The largest absolute Gasteiger partial charge is 0.398 e. The predicted octanol–water partition coefficient (Wildman–Crippen LogP) is 1.93. The fraction of sp³-hybridized carbons (Fsp3) is 0.500. The van der Waals surface area contributed by atoms with Gasteiger partial charge in [-0.25, -0.2) is 0 Å². The van der Waals surface area contributed by atoms with Gasteiger partial charge in [0.05, 0.1) is 6.42 Å². The minimum atomic E-state index is 0.155. The molecule has 2 atom stereocenters. The first-order chi connectivity index (χ1) is 8.08. The highest BCUT2D eigenvalue weighted by molar-refractivity contribution is 5.80. The molecule has 0 aliphatic heterocycles. The van der Waals surface area contributed by atoms with E-state index >= 15 is 0 Å². The van der Waals surface area contributed by atoms with Gasteiger partial charge in [-0.15, -0.1) is 0 Å². The molecule has 92 valence electrons. The van der Waals surface area contributed by atoms with Crippen molar-refractivity contribution >= 4 is 11.6 Å². The van der Waals surface area contributed by atoms with E-state index in [1.807, 2.05) is 36.2 Å². The van der Waals surface area contributed by atoms with Gasteiger partial charge >= 0.3 is 0 Å². The summed E-state index contributed by atoms with van der Waals surface area (Å²) >= 11 is 0. The molecule has 0 radical (unpaired) electrons. The number of rotatable bonds is 4. The second-order valence-electron chi connectivity index (χ2n) is 5.12. The van der Waals surface area contributed by atoms with Gasteiger partial charge in [0.25, 0.3) is 0 Å². The zero-order valence-corrected chi connectivity index (χ0v) is 10.5. The normalized spacial score (nSPS) is 22.2. The molecule has 1 aromatic rings. The summed E-state index contributed by atoms with van der Waals surface area (Å²) in [6, 6.07) is 7.56. The smallest absolute Gasteiger partial charge is 0.226 e. The number of benzene rings is 1. The van der Waals surface area contributed by atoms with E-state index < -0.39 is 0 Å². The van der Waals surface area contributed by atoms with Crippen LogP contribution < -0.4 is 5.73 Å². The average molecular weight is 232 g/mol. The summed E-state index contributed by atoms with van der Waals surface area (Å²) in [5, 5.41) is 0. The van der Waals surface area contributed by atoms with Crippen LogP contribution in [0.4, 0.5) is 5.69 Å². The molecule has 2 unspecified atom stereocenters. The number of nitrogens with two attached hydrogens (primary N) is 1. The van der Waals surface area contributed by atoms with Crippen LogP contribution in [0, 0.1) is 11.8 Å². The summed E-state index contributed by atoms with van der Waals surface area (Å²) in [6.45, 7) is 3.12. The monoisotopic (exact) mass is 232 g/mol. The Labute approximate surface area is 103 Å². The van der Waals surface area contributed by atoms with Crippen LogP contribution in [0.25, 0.3) is 0 Å². The Morgan fingerprint density at radius 3 is 2.71 bits per heavy atom. The van der Waals surface area contributed by atoms with Crippen molar-refractivity contribution in [2.45, 2.75) is 19.8 Å². The SMILES string of the molecule is CC1CC1CN(C)C(=O)Cc1ccccc1N. The Balaban J connectivity index is 1.90. The third-order valence-electron chi connectivity index (χ3n) is 3.61. The molecule has 2 N–H and O–H groups in total. The summed E-state index contributed by atoms with van der Waals surface area (Å²) in [4.78, 5) is 13.8. The number of hydrogen-bond donors (Lipinski definition) is 1. The van der Waals surface area contributed by atoms with Crippen LogP contribution >= 0.6 is 0 Å². The Kier molecular flexibility index (Phi) is 3.36. The Hall–Kier alpha value is -1.51. The van der Waals surface area contributed by atoms with Gasteiger partial charge in [-0.05, 0) is 29.9 Å². The first kappa shape index (κ1) is 12.0. The first-order valence-corrected chi connectivity index (χ1v) is 6.15. The molecule has 0 spiro atoms. The second-order valence-corrected chi connectivity index (χ2v) is 5.12. The van der Waals surface area contributed by atoms with E-state index in [4.69, 9.17) is 5.73 Å². The molecule has 17 heavy (non-hydrogen) atoms. The summed E-state index contributed by atoms with van der Waals surface area (Å²) in [6.07, 6.45) is 1.66. The van der Waals surface area contributed by atoms with Crippen LogP contribution in [-0.4, -0.2) is 24.4 Å². The van der Waals surface area contributed by atoms with E-state index in [2.05, 4.69) is 6.92 Å². The highest BCUT2D eigenvalue weighted by atomic mass is 16.2. The molecule has 1 saturated carbocycles. The average Bonchev–Trinajstić information content (AvgIpc) is 2.97. The molecule has 0 heterocycles. The van der Waals surface area contributed by atoms with Crippen molar-refractivity contribution in [3.8, 4) is 0 Å². The number of anilines is 1. The van der Waals surface area contributed by atoms with Crippen LogP contribution in [-0.2, 0) is 11.2 Å². The van der Waals surface area contributed by atoms with Crippen LogP contribution in [0.3, 0.4) is 0 Å². The summed E-state index contributed by atoms with van der Waals surface area (Å²) in [5.74, 6) is 1.64. The minimum absolute atomic E-state index is 0.155. The van der Waals surface area contributed by atoms with E-state index in [9.17, 15) is 4.79 Å². The number of carbonyl (C=O) groups is 1. The Morgan fingerprint density at radius 1 is 1.47 bits per heavy atom. The zero-order chi connectivity index (χ0) is 12.4. The molecule has 1 aromatic carbocycles. The van der Waals surface area contributed by atoms with Crippen molar-refractivity contribution in [2.24, 2.45) is 11.8 Å². The highest BCUT2D eigenvalue weighted by Gasteiger charge is 2.34. The van der Waals surface area contributed by atoms with Crippen molar-refractivity contribution in [2.75, 3.05) is 19.3 Å². The molecule has 1 amide bonds. The topological polar surface area (TPSA) is 46.3 Å².